The first kappa shape index (κ1) is 15.6. The Morgan fingerprint density at radius 3 is 2.52 bits per heavy atom. The molecule has 0 aliphatic carbocycles. The number of ether oxygens (including phenoxy) is 1. The van der Waals surface area contributed by atoms with Gasteiger partial charge in [0.05, 0.1) is 13.0 Å². The standard InChI is InChI=1S/C19H24O2/c1-4-15(12-19(20)21-13-14(2)3)17-11-7-9-16-8-5-6-10-18(16)17/h5-11,14-15H,4,12-13H2,1-3H3/t15-/m1/s1. The van der Waals surface area contributed by atoms with E-state index in [0.29, 0.717) is 18.9 Å². The van der Waals surface area contributed by atoms with Crippen LogP contribution in [0.3, 0.4) is 0 Å². The molecule has 21 heavy (non-hydrogen) atoms. The van der Waals surface area contributed by atoms with Crippen LogP contribution in [-0.4, -0.2) is 12.6 Å². The number of fused-ring (bicyclic) bond motifs is 1. The van der Waals surface area contributed by atoms with E-state index in [1.165, 1.54) is 16.3 Å². The van der Waals surface area contributed by atoms with E-state index in [-0.39, 0.29) is 11.9 Å². The number of rotatable bonds is 6. The third-order valence-electron chi connectivity index (χ3n) is 3.75. The van der Waals surface area contributed by atoms with Crippen molar-refractivity contribution >= 4 is 16.7 Å². The van der Waals surface area contributed by atoms with Crippen LogP contribution in [0.5, 0.6) is 0 Å². The fourth-order valence-corrected chi connectivity index (χ4v) is 2.60. The maximum Gasteiger partial charge on any atom is 0.306 e. The van der Waals surface area contributed by atoms with Crippen LogP contribution in [0.2, 0.25) is 0 Å². The van der Waals surface area contributed by atoms with Crippen molar-refractivity contribution in [3.8, 4) is 0 Å². The van der Waals surface area contributed by atoms with E-state index in [2.05, 4.69) is 57.2 Å². The predicted octanol–water partition coefficient (Wildman–Crippen LogP) is 4.92. The molecule has 1 atom stereocenters. The third kappa shape index (κ3) is 4.07. The molecule has 0 N–H and O–H groups in total. The van der Waals surface area contributed by atoms with E-state index >= 15 is 0 Å². The second-order valence-corrected chi connectivity index (χ2v) is 5.95. The quantitative estimate of drug-likeness (QED) is 0.704. The lowest BCUT2D eigenvalue weighted by atomic mass is 9.89. The van der Waals surface area contributed by atoms with Crippen LogP contribution in [0.1, 0.15) is 45.1 Å². The smallest absolute Gasteiger partial charge is 0.306 e. The molecule has 0 saturated heterocycles. The second-order valence-electron chi connectivity index (χ2n) is 5.95. The van der Waals surface area contributed by atoms with Gasteiger partial charge in [-0.3, -0.25) is 4.79 Å². The van der Waals surface area contributed by atoms with Gasteiger partial charge in [0.15, 0.2) is 0 Å². The van der Waals surface area contributed by atoms with Crippen molar-refractivity contribution in [1.82, 2.24) is 0 Å². The molecule has 0 saturated carbocycles. The first-order chi connectivity index (χ1) is 10.1. The zero-order valence-corrected chi connectivity index (χ0v) is 13.1. The highest BCUT2D eigenvalue weighted by Crippen LogP contribution is 2.30. The van der Waals surface area contributed by atoms with E-state index in [1.807, 2.05) is 6.07 Å². The molecule has 2 heteroatoms. The third-order valence-corrected chi connectivity index (χ3v) is 3.75. The molecular formula is C19H24O2. The number of hydrogen-bond acceptors (Lipinski definition) is 2. The Bertz CT molecular complexity index is 596. The molecule has 0 aliphatic heterocycles. The summed E-state index contributed by atoms with van der Waals surface area (Å²) >= 11 is 0. The van der Waals surface area contributed by atoms with E-state index in [9.17, 15) is 4.79 Å². The molecule has 0 bridgehead atoms. The molecule has 0 amide bonds. The van der Waals surface area contributed by atoms with Crippen molar-refractivity contribution in [2.45, 2.75) is 39.5 Å². The normalized spacial score (nSPS) is 12.6. The summed E-state index contributed by atoms with van der Waals surface area (Å²) in [7, 11) is 0. The molecule has 112 valence electrons. The molecule has 2 nitrogen and oxygen atoms in total. The van der Waals surface area contributed by atoms with Crippen LogP contribution < -0.4 is 0 Å². The Morgan fingerprint density at radius 1 is 1.10 bits per heavy atom. The summed E-state index contributed by atoms with van der Waals surface area (Å²) in [5.74, 6) is 0.505. The maximum absolute atomic E-state index is 12.0. The molecule has 2 rings (SSSR count). The van der Waals surface area contributed by atoms with Gasteiger partial charge in [0.2, 0.25) is 0 Å². The van der Waals surface area contributed by atoms with Crippen LogP contribution in [0.15, 0.2) is 42.5 Å². The van der Waals surface area contributed by atoms with Gasteiger partial charge in [-0.15, -0.1) is 0 Å². The number of carbonyl (C=O) groups is 1. The van der Waals surface area contributed by atoms with Crippen LogP contribution in [0.4, 0.5) is 0 Å². The van der Waals surface area contributed by atoms with Crippen LogP contribution >= 0.6 is 0 Å². The molecule has 0 fully saturated rings. The van der Waals surface area contributed by atoms with Gasteiger partial charge in [-0.1, -0.05) is 63.2 Å². The molecule has 2 aromatic carbocycles. The van der Waals surface area contributed by atoms with Gasteiger partial charge in [-0.25, -0.2) is 0 Å². The van der Waals surface area contributed by atoms with Crippen molar-refractivity contribution in [1.29, 1.82) is 0 Å². The van der Waals surface area contributed by atoms with Gasteiger partial charge in [0.25, 0.3) is 0 Å². The van der Waals surface area contributed by atoms with E-state index < -0.39 is 0 Å². The first-order valence-electron chi connectivity index (χ1n) is 7.75. The molecule has 0 radical (unpaired) electrons. The summed E-state index contributed by atoms with van der Waals surface area (Å²) in [6, 6.07) is 14.7. The highest BCUT2D eigenvalue weighted by Gasteiger charge is 2.17. The molecule has 0 unspecified atom stereocenters. The average Bonchev–Trinajstić information content (AvgIpc) is 2.50. The highest BCUT2D eigenvalue weighted by atomic mass is 16.5. The van der Waals surface area contributed by atoms with Gasteiger partial charge < -0.3 is 4.74 Å². The number of esters is 1. The van der Waals surface area contributed by atoms with Gasteiger partial charge in [0.1, 0.15) is 0 Å². The minimum atomic E-state index is -0.0940. The Balaban J connectivity index is 2.18. The SMILES string of the molecule is CC[C@H](CC(=O)OCC(C)C)c1cccc2ccccc12. The fraction of sp³-hybridized carbons (Fsp3) is 0.421. The summed E-state index contributed by atoms with van der Waals surface area (Å²) < 4.78 is 5.33. The highest BCUT2D eigenvalue weighted by molar-refractivity contribution is 5.86. The van der Waals surface area contributed by atoms with Crippen LogP contribution in [0, 0.1) is 5.92 Å². The van der Waals surface area contributed by atoms with Gasteiger partial charge >= 0.3 is 5.97 Å². The molecular weight excluding hydrogens is 260 g/mol. The fourth-order valence-electron chi connectivity index (χ4n) is 2.60. The monoisotopic (exact) mass is 284 g/mol. The molecule has 0 heterocycles. The number of hydrogen-bond donors (Lipinski definition) is 0. The average molecular weight is 284 g/mol. The van der Waals surface area contributed by atoms with E-state index in [4.69, 9.17) is 4.74 Å². The number of carbonyl (C=O) groups excluding carboxylic acids is 1. The lowest BCUT2D eigenvalue weighted by molar-refractivity contribution is -0.145. The van der Waals surface area contributed by atoms with Crippen molar-refractivity contribution in [3.05, 3.63) is 48.0 Å². The Labute approximate surface area is 127 Å². The minimum Gasteiger partial charge on any atom is -0.465 e. The summed E-state index contributed by atoms with van der Waals surface area (Å²) in [5, 5.41) is 2.47. The van der Waals surface area contributed by atoms with Crippen molar-refractivity contribution in [3.63, 3.8) is 0 Å². The Hall–Kier alpha value is -1.83. The van der Waals surface area contributed by atoms with E-state index in [0.717, 1.165) is 6.42 Å². The van der Waals surface area contributed by atoms with E-state index in [1.54, 1.807) is 0 Å². The molecule has 0 spiro atoms. The van der Waals surface area contributed by atoms with Crippen molar-refractivity contribution in [2.75, 3.05) is 6.61 Å². The summed E-state index contributed by atoms with van der Waals surface area (Å²) in [6.45, 7) is 6.73. The van der Waals surface area contributed by atoms with Gasteiger partial charge in [0, 0.05) is 0 Å². The maximum atomic E-state index is 12.0. The number of benzene rings is 2. The Kier molecular flexibility index (Phi) is 5.38. The molecule has 2 aromatic rings. The summed E-state index contributed by atoms with van der Waals surface area (Å²) in [5.41, 5.74) is 1.25. The summed E-state index contributed by atoms with van der Waals surface area (Å²) in [6.07, 6.45) is 1.39. The largest absolute Gasteiger partial charge is 0.465 e. The van der Waals surface area contributed by atoms with Crippen LogP contribution in [0.25, 0.3) is 10.8 Å². The Morgan fingerprint density at radius 2 is 1.81 bits per heavy atom. The second kappa shape index (κ2) is 7.26. The van der Waals surface area contributed by atoms with Crippen LogP contribution in [-0.2, 0) is 9.53 Å². The topological polar surface area (TPSA) is 26.3 Å². The molecule has 0 aliphatic rings. The lowest BCUT2D eigenvalue weighted by Crippen LogP contribution is -2.13. The molecule has 0 aromatic heterocycles. The van der Waals surface area contributed by atoms with Gasteiger partial charge in [-0.05, 0) is 34.6 Å². The van der Waals surface area contributed by atoms with Crippen molar-refractivity contribution in [2.24, 2.45) is 5.92 Å². The first-order valence-corrected chi connectivity index (χ1v) is 7.75. The van der Waals surface area contributed by atoms with Gasteiger partial charge in [-0.2, -0.15) is 0 Å². The summed E-state index contributed by atoms with van der Waals surface area (Å²) in [4.78, 5) is 12.0. The zero-order chi connectivity index (χ0) is 15.2. The minimum absolute atomic E-state index is 0.0940. The lowest BCUT2D eigenvalue weighted by Gasteiger charge is -2.17. The zero-order valence-electron chi connectivity index (χ0n) is 13.1. The van der Waals surface area contributed by atoms with Crippen molar-refractivity contribution < 1.29 is 9.53 Å². The predicted molar refractivity (Wildman–Crippen MR) is 87.4 cm³/mol.